The molecule has 1 aliphatic heterocycles. The lowest BCUT2D eigenvalue weighted by molar-refractivity contribution is -0.140. The number of hydrogen-bond acceptors (Lipinski definition) is 6. The summed E-state index contributed by atoms with van der Waals surface area (Å²) in [5.74, 6) is -0.799. The van der Waals surface area contributed by atoms with E-state index in [1.165, 1.54) is 19.1 Å². The van der Waals surface area contributed by atoms with Crippen molar-refractivity contribution in [1.82, 2.24) is 9.80 Å². The third kappa shape index (κ3) is 4.99. The number of hydrogen-bond donors (Lipinski definition) is 1. The third-order valence-corrected chi connectivity index (χ3v) is 6.19. The quantitative estimate of drug-likeness (QED) is 0.336. The van der Waals surface area contributed by atoms with E-state index >= 15 is 0 Å². The van der Waals surface area contributed by atoms with Crippen molar-refractivity contribution in [3.05, 3.63) is 64.2 Å². The van der Waals surface area contributed by atoms with Crippen molar-refractivity contribution in [2.75, 3.05) is 40.4 Å². The van der Waals surface area contributed by atoms with Crippen LogP contribution in [0.2, 0.25) is 5.02 Å². The van der Waals surface area contributed by atoms with Crippen LogP contribution in [0, 0.1) is 0 Å². The lowest BCUT2D eigenvalue weighted by atomic mass is 9.95. The number of aliphatic hydroxyl groups excluding tert-OH is 1. The van der Waals surface area contributed by atoms with E-state index in [1.807, 2.05) is 13.8 Å². The molecular formula is C25H29ClN2O5. The van der Waals surface area contributed by atoms with Gasteiger partial charge in [0, 0.05) is 24.2 Å². The second-order valence-electron chi connectivity index (χ2n) is 7.64. The number of aliphatic hydroxyl groups is 1. The van der Waals surface area contributed by atoms with Crippen LogP contribution in [-0.2, 0) is 9.59 Å². The molecule has 1 heterocycles. The van der Waals surface area contributed by atoms with Crippen LogP contribution in [0.3, 0.4) is 0 Å². The Morgan fingerprint density at radius 1 is 1.06 bits per heavy atom. The van der Waals surface area contributed by atoms with Crippen LogP contribution in [0.25, 0.3) is 5.76 Å². The highest BCUT2D eigenvalue weighted by Gasteiger charge is 2.46. The fourth-order valence-corrected chi connectivity index (χ4v) is 4.16. The number of ketones is 1. The van der Waals surface area contributed by atoms with E-state index in [9.17, 15) is 14.7 Å². The fourth-order valence-electron chi connectivity index (χ4n) is 4.03. The van der Waals surface area contributed by atoms with Crippen LogP contribution in [0.15, 0.2) is 48.0 Å². The van der Waals surface area contributed by atoms with E-state index < -0.39 is 17.7 Å². The Morgan fingerprint density at radius 3 is 2.30 bits per heavy atom. The monoisotopic (exact) mass is 472 g/mol. The topological polar surface area (TPSA) is 79.3 Å². The summed E-state index contributed by atoms with van der Waals surface area (Å²) >= 11 is 6.07. The van der Waals surface area contributed by atoms with E-state index in [4.69, 9.17) is 21.1 Å². The summed E-state index contributed by atoms with van der Waals surface area (Å²) in [4.78, 5) is 29.9. The summed E-state index contributed by atoms with van der Waals surface area (Å²) in [6.45, 7) is 6.70. The molecule has 7 nitrogen and oxygen atoms in total. The number of methoxy groups -OCH3 is 2. The first-order valence-corrected chi connectivity index (χ1v) is 11.2. The number of ether oxygens (including phenoxy) is 2. The molecule has 0 aliphatic carbocycles. The van der Waals surface area contributed by atoms with Crippen molar-refractivity contribution >= 4 is 29.1 Å². The predicted octanol–water partition coefficient (Wildman–Crippen LogP) is 4.12. The molecule has 1 N–H and O–H groups in total. The van der Waals surface area contributed by atoms with E-state index in [0.29, 0.717) is 40.7 Å². The highest BCUT2D eigenvalue weighted by Crippen LogP contribution is 2.41. The zero-order valence-corrected chi connectivity index (χ0v) is 20.1. The number of carbonyl (C=O) groups is 2. The van der Waals surface area contributed by atoms with Gasteiger partial charge in [-0.05, 0) is 42.9 Å². The molecule has 0 aromatic heterocycles. The lowest BCUT2D eigenvalue weighted by Crippen LogP contribution is -2.38. The van der Waals surface area contributed by atoms with Crippen LogP contribution in [0.4, 0.5) is 0 Å². The van der Waals surface area contributed by atoms with Crippen molar-refractivity contribution in [3.63, 3.8) is 0 Å². The van der Waals surface area contributed by atoms with Crippen molar-refractivity contribution in [2.24, 2.45) is 0 Å². The minimum atomic E-state index is -0.746. The van der Waals surface area contributed by atoms with Crippen molar-refractivity contribution in [3.8, 4) is 11.5 Å². The van der Waals surface area contributed by atoms with Crippen LogP contribution in [-0.4, -0.2) is 67.0 Å². The first kappa shape index (κ1) is 24.6. The Kier molecular flexibility index (Phi) is 8.00. The van der Waals surface area contributed by atoms with Gasteiger partial charge in [-0.1, -0.05) is 37.6 Å². The molecule has 0 bridgehead atoms. The zero-order chi connectivity index (χ0) is 24.1. The summed E-state index contributed by atoms with van der Waals surface area (Å²) in [5.41, 5.74) is 1.01. The lowest BCUT2D eigenvalue weighted by Gasteiger charge is -2.28. The smallest absolute Gasteiger partial charge is 0.295 e. The zero-order valence-electron chi connectivity index (χ0n) is 19.3. The number of rotatable bonds is 9. The van der Waals surface area contributed by atoms with Gasteiger partial charge in [0.2, 0.25) is 0 Å². The van der Waals surface area contributed by atoms with Crippen molar-refractivity contribution < 1.29 is 24.2 Å². The third-order valence-electron chi connectivity index (χ3n) is 5.94. The molecular weight excluding hydrogens is 444 g/mol. The molecule has 1 fully saturated rings. The summed E-state index contributed by atoms with van der Waals surface area (Å²) in [6, 6.07) is 11.1. The van der Waals surface area contributed by atoms with Gasteiger partial charge in [0.05, 0.1) is 31.4 Å². The SMILES string of the molecule is CCN(CC)CCN1C(=O)C(=O)/C(=C(\O)c2ccc(OC)cc2OC)C1c1ccc(Cl)cc1. The average molecular weight is 473 g/mol. The maximum absolute atomic E-state index is 13.2. The second-order valence-corrected chi connectivity index (χ2v) is 8.07. The number of likely N-dealkylation sites (N-methyl/N-ethyl adjacent to an activating group) is 1. The van der Waals surface area contributed by atoms with Gasteiger partial charge in [-0.2, -0.15) is 0 Å². The van der Waals surface area contributed by atoms with Gasteiger partial charge in [0.25, 0.3) is 11.7 Å². The van der Waals surface area contributed by atoms with Gasteiger partial charge in [-0.3, -0.25) is 9.59 Å². The van der Waals surface area contributed by atoms with Gasteiger partial charge in [-0.15, -0.1) is 0 Å². The van der Waals surface area contributed by atoms with Crippen LogP contribution in [0.5, 0.6) is 11.5 Å². The van der Waals surface area contributed by atoms with Crippen LogP contribution in [0.1, 0.15) is 31.0 Å². The first-order chi connectivity index (χ1) is 15.9. The summed E-state index contributed by atoms with van der Waals surface area (Å²) in [6.07, 6.45) is 0. The Hall–Kier alpha value is -3.03. The van der Waals surface area contributed by atoms with E-state index in [-0.39, 0.29) is 11.3 Å². The standard InChI is InChI=1S/C25H29ClN2O5/c1-5-27(6-2)13-14-28-22(16-7-9-17(26)10-8-16)21(24(30)25(28)31)23(29)19-12-11-18(32-3)15-20(19)33-4/h7-12,15,22,29H,5-6,13-14H2,1-4H3/b23-21-. The molecule has 1 atom stereocenters. The van der Waals surface area contributed by atoms with Crippen LogP contribution >= 0.6 is 11.6 Å². The maximum Gasteiger partial charge on any atom is 0.295 e. The van der Waals surface area contributed by atoms with Crippen molar-refractivity contribution in [2.45, 2.75) is 19.9 Å². The molecule has 1 unspecified atom stereocenters. The fraction of sp³-hybridized carbons (Fsp3) is 0.360. The Labute approximate surface area is 199 Å². The number of benzene rings is 2. The molecule has 0 spiro atoms. The second kappa shape index (κ2) is 10.7. The number of likely N-dealkylation sites (tertiary alicyclic amines) is 1. The summed E-state index contributed by atoms with van der Waals surface area (Å²) in [5, 5.41) is 11.8. The molecule has 1 saturated heterocycles. The highest BCUT2D eigenvalue weighted by atomic mass is 35.5. The van der Waals surface area contributed by atoms with Crippen LogP contribution < -0.4 is 9.47 Å². The van der Waals surface area contributed by atoms with Gasteiger partial charge < -0.3 is 24.4 Å². The number of amides is 1. The molecule has 2 aromatic rings. The predicted molar refractivity (Wildman–Crippen MR) is 128 cm³/mol. The number of nitrogens with zero attached hydrogens (tertiary/aromatic N) is 2. The average Bonchev–Trinajstić information content (AvgIpc) is 3.09. The largest absolute Gasteiger partial charge is 0.507 e. The Morgan fingerprint density at radius 2 is 1.73 bits per heavy atom. The summed E-state index contributed by atoms with van der Waals surface area (Å²) in [7, 11) is 2.99. The molecule has 0 saturated carbocycles. The number of halogens is 1. The van der Waals surface area contributed by atoms with E-state index in [2.05, 4.69) is 4.90 Å². The molecule has 0 radical (unpaired) electrons. The molecule has 176 valence electrons. The van der Waals surface area contributed by atoms with Gasteiger partial charge >= 0.3 is 0 Å². The Bertz CT molecular complexity index is 1050. The molecule has 3 rings (SSSR count). The Balaban J connectivity index is 2.14. The first-order valence-electron chi connectivity index (χ1n) is 10.8. The van der Waals surface area contributed by atoms with E-state index in [1.54, 1.807) is 42.5 Å². The van der Waals surface area contributed by atoms with E-state index in [0.717, 1.165) is 13.1 Å². The van der Waals surface area contributed by atoms with Crippen molar-refractivity contribution in [1.29, 1.82) is 0 Å². The minimum Gasteiger partial charge on any atom is -0.507 e. The molecule has 2 aromatic carbocycles. The normalized spacial score (nSPS) is 17.6. The number of Topliss-reactive ketones (excluding diaryl/α,β-unsaturated/α-hetero) is 1. The van der Waals surface area contributed by atoms with Gasteiger partial charge in [-0.25, -0.2) is 0 Å². The molecule has 1 amide bonds. The maximum atomic E-state index is 13.2. The summed E-state index contributed by atoms with van der Waals surface area (Å²) < 4.78 is 10.6. The molecule has 1 aliphatic rings. The highest BCUT2D eigenvalue weighted by molar-refractivity contribution is 6.46. The number of carbonyl (C=O) groups excluding carboxylic acids is 2. The molecule has 8 heteroatoms. The van der Waals surface area contributed by atoms with Gasteiger partial charge in [0.1, 0.15) is 17.3 Å². The minimum absolute atomic E-state index is 0.0188. The molecule has 33 heavy (non-hydrogen) atoms. The van der Waals surface area contributed by atoms with Gasteiger partial charge in [0.15, 0.2) is 0 Å².